The van der Waals surface area contributed by atoms with Crippen LogP contribution in [0, 0.1) is 0 Å². The predicted octanol–water partition coefficient (Wildman–Crippen LogP) is 2.88. The van der Waals surface area contributed by atoms with Crippen LogP contribution in [0.15, 0.2) is 28.5 Å². The van der Waals surface area contributed by atoms with Crippen molar-refractivity contribution in [3.63, 3.8) is 0 Å². The second-order valence-corrected chi connectivity index (χ2v) is 9.62. The van der Waals surface area contributed by atoms with Crippen molar-refractivity contribution in [1.29, 1.82) is 0 Å². The number of nitrogens with zero attached hydrogens (tertiary/aromatic N) is 1. The van der Waals surface area contributed by atoms with Crippen molar-refractivity contribution in [3.05, 3.63) is 34.0 Å². The number of thiophene rings is 1. The first-order chi connectivity index (χ1) is 14.4. The van der Waals surface area contributed by atoms with Gasteiger partial charge in [0, 0.05) is 19.6 Å². The molecule has 1 amide bonds. The molecule has 0 saturated carbocycles. The van der Waals surface area contributed by atoms with Gasteiger partial charge in [-0.3, -0.25) is 4.79 Å². The van der Waals surface area contributed by atoms with Crippen LogP contribution in [0.5, 0.6) is 17.2 Å². The van der Waals surface area contributed by atoms with E-state index in [4.69, 9.17) is 14.2 Å². The predicted molar refractivity (Wildman–Crippen MR) is 114 cm³/mol. The molecule has 10 heteroatoms. The lowest BCUT2D eigenvalue weighted by molar-refractivity contribution is 0.0951. The van der Waals surface area contributed by atoms with Crippen molar-refractivity contribution in [2.24, 2.45) is 0 Å². The highest BCUT2D eigenvalue weighted by Crippen LogP contribution is 2.38. The number of rotatable bonds is 8. The Bertz CT molecular complexity index is 971. The fraction of sp³-hybridized carbons (Fsp3) is 0.450. The molecule has 1 aromatic carbocycles. The summed E-state index contributed by atoms with van der Waals surface area (Å²) in [6, 6.07) is 4.98. The lowest BCUT2D eigenvalue weighted by atomic mass is 10.1. The molecule has 3 rings (SSSR count). The molecule has 8 nitrogen and oxygen atoms in total. The zero-order valence-electron chi connectivity index (χ0n) is 17.3. The highest BCUT2D eigenvalue weighted by atomic mass is 32.2. The lowest BCUT2D eigenvalue weighted by Gasteiger charge is -2.25. The second-order valence-electron chi connectivity index (χ2n) is 6.79. The summed E-state index contributed by atoms with van der Waals surface area (Å²) in [6.07, 6.45) is 2.70. The zero-order valence-corrected chi connectivity index (χ0v) is 18.9. The third-order valence-corrected chi connectivity index (χ3v) is 7.93. The van der Waals surface area contributed by atoms with E-state index in [2.05, 4.69) is 5.32 Å². The van der Waals surface area contributed by atoms with Gasteiger partial charge in [0.15, 0.2) is 11.5 Å². The normalized spacial score (nSPS) is 14.9. The number of sulfonamides is 1. The SMILES string of the molecule is COc1cc(CNC(=O)c2sccc2S(=O)(=O)N2CCCCC2)cc(OC)c1OC. The summed E-state index contributed by atoms with van der Waals surface area (Å²) >= 11 is 1.12. The molecule has 1 fully saturated rings. The fourth-order valence-corrected chi connectivity index (χ4v) is 6.24. The standard InChI is InChI=1S/C20H26N2O6S2/c1-26-15-11-14(12-16(27-2)18(15)28-3)13-21-20(23)19-17(7-10-29-19)30(24,25)22-8-5-4-6-9-22/h7,10-12H,4-6,8-9,13H2,1-3H3,(H,21,23). The van der Waals surface area contributed by atoms with Gasteiger partial charge in [0.2, 0.25) is 15.8 Å². The van der Waals surface area contributed by atoms with Gasteiger partial charge in [0.05, 0.1) is 21.3 Å². The molecular weight excluding hydrogens is 428 g/mol. The second kappa shape index (κ2) is 9.67. The first-order valence-electron chi connectivity index (χ1n) is 9.57. The van der Waals surface area contributed by atoms with E-state index in [-0.39, 0.29) is 16.3 Å². The van der Waals surface area contributed by atoms with Crippen LogP contribution >= 0.6 is 11.3 Å². The van der Waals surface area contributed by atoms with Crippen molar-refractivity contribution in [1.82, 2.24) is 9.62 Å². The summed E-state index contributed by atoms with van der Waals surface area (Å²) in [5.74, 6) is 0.980. The smallest absolute Gasteiger partial charge is 0.263 e. The molecule has 1 aliphatic heterocycles. The van der Waals surface area contributed by atoms with Crippen LogP contribution in [0.4, 0.5) is 0 Å². The minimum absolute atomic E-state index is 0.0665. The van der Waals surface area contributed by atoms with Crippen LogP contribution in [0.25, 0.3) is 0 Å². The summed E-state index contributed by atoms with van der Waals surface area (Å²) in [5.41, 5.74) is 0.731. The number of carbonyl (C=O) groups is 1. The summed E-state index contributed by atoms with van der Waals surface area (Å²) in [7, 11) is 0.869. The first kappa shape index (κ1) is 22.4. The number of benzene rings is 1. The molecule has 1 aromatic heterocycles. The Kier molecular flexibility index (Phi) is 7.22. The van der Waals surface area contributed by atoms with E-state index in [1.165, 1.54) is 31.7 Å². The van der Waals surface area contributed by atoms with Gasteiger partial charge in [-0.05, 0) is 42.0 Å². The number of nitrogens with one attached hydrogen (secondary N) is 1. The molecule has 0 atom stereocenters. The molecule has 0 radical (unpaired) electrons. The Labute approximate surface area is 180 Å². The van der Waals surface area contributed by atoms with Gasteiger partial charge in [-0.15, -0.1) is 11.3 Å². The van der Waals surface area contributed by atoms with Crippen LogP contribution in [0.1, 0.15) is 34.5 Å². The third kappa shape index (κ3) is 4.55. The zero-order chi connectivity index (χ0) is 21.7. The monoisotopic (exact) mass is 454 g/mol. The molecule has 164 valence electrons. The number of hydrogen-bond acceptors (Lipinski definition) is 7. The van der Waals surface area contributed by atoms with Gasteiger partial charge in [0.25, 0.3) is 5.91 Å². The number of ether oxygens (including phenoxy) is 3. The number of hydrogen-bond donors (Lipinski definition) is 1. The van der Waals surface area contributed by atoms with Crippen molar-refractivity contribution in [2.45, 2.75) is 30.7 Å². The van der Waals surface area contributed by atoms with Crippen LogP contribution in [-0.4, -0.2) is 53.0 Å². The summed E-state index contributed by atoms with van der Waals surface area (Å²) < 4.78 is 43.4. The molecule has 30 heavy (non-hydrogen) atoms. The molecule has 1 saturated heterocycles. The van der Waals surface area contributed by atoms with E-state index < -0.39 is 15.9 Å². The Hall–Kier alpha value is -2.30. The quantitative estimate of drug-likeness (QED) is 0.659. The summed E-state index contributed by atoms with van der Waals surface area (Å²) in [6.45, 7) is 1.16. The molecule has 2 aromatic rings. The van der Waals surface area contributed by atoms with Gasteiger partial charge < -0.3 is 19.5 Å². The minimum atomic E-state index is -3.68. The van der Waals surface area contributed by atoms with Crippen molar-refractivity contribution in [3.8, 4) is 17.2 Å². The van der Waals surface area contributed by atoms with Crippen molar-refractivity contribution >= 4 is 27.3 Å². The maximum absolute atomic E-state index is 13.0. The highest BCUT2D eigenvalue weighted by Gasteiger charge is 2.31. The number of amides is 1. The molecule has 2 heterocycles. The van der Waals surface area contributed by atoms with E-state index in [9.17, 15) is 13.2 Å². The Morgan fingerprint density at radius 3 is 2.27 bits per heavy atom. The lowest BCUT2D eigenvalue weighted by Crippen LogP contribution is -2.36. The average molecular weight is 455 g/mol. The fourth-order valence-electron chi connectivity index (χ4n) is 3.41. The first-order valence-corrected chi connectivity index (χ1v) is 11.9. The summed E-state index contributed by atoms with van der Waals surface area (Å²) in [5, 5.41) is 4.42. The molecule has 1 aliphatic rings. The minimum Gasteiger partial charge on any atom is -0.493 e. The number of methoxy groups -OCH3 is 3. The Balaban J connectivity index is 1.78. The van der Waals surface area contributed by atoms with Gasteiger partial charge in [-0.1, -0.05) is 6.42 Å². The van der Waals surface area contributed by atoms with Crippen LogP contribution in [0.2, 0.25) is 0 Å². The number of carbonyl (C=O) groups excluding carboxylic acids is 1. The maximum atomic E-state index is 13.0. The van der Waals surface area contributed by atoms with Crippen molar-refractivity contribution < 1.29 is 27.4 Å². The molecule has 0 aliphatic carbocycles. The van der Waals surface area contributed by atoms with Gasteiger partial charge in [-0.25, -0.2) is 8.42 Å². The molecule has 0 unspecified atom stereocenters. The van der Waals surface area contributed by atoms with E-state index in [1.807, 2.05) is 0 Å². The van der Waals surface area contributed by atoms with E-state index in [0.717, 1.165) is 36.2 Å². The van der Waals surface area contributed by atoms with Gasteiger partial charge >= 0.3 is 0 Å². The maximum Gasteiger partial charge on any atom is 0.263 e. The molecule has 0 bridgehead atoms. The van der Waals surface area contributed by atoms with Gasteiger partial charge in [0.1, 0.15) is 9.77 Å². The average Bonchev–Trinajstić information content (AvgIpc) is 3.28. The Morgan fingerprint density at radius 2 is 1.70 bits per heavy atom. The largest absolute Gasteiger partial charge is 0.493 e. The van der Waals surface area contributed by atoms with Crippen molar-refractivity contribution in [2.75, 3.05) is 34.4 Å². The molecule has 0 spiro atoms. The van der Waals surface area contributed by atoms with E-state index >= 15 is 0 Å². The molecular formula is C20H26N2O6S2. The summed E-state index contributed by atoms with van der Waals surface area (Å²) in [4.78, 5) is 13.0. The van der Waals surface area contributed by atoms with Crippen LogP contribution in [-0.2, 0) is 16.6 Å². The van der Waals surface area contributed by atoms with Gasteiger partial charge in [-0.2, -0.15) is 4.31 Å². The number of piperidine rings is 1. The third-order valence-electron chi connectivity index (χ3n) is 4.95. The topological polar surface area (TPSA) is 94.2 Å². The van der Waals surface area contributed by atoms with E-state index in [0.29, 0.717) is 30.3 Å². The molecule has 1 N–H and O–H groups in total. The van der Waals surface area contributed by atoms with E-state index in [1.54, 1.807) is 17.5 Å². The highest BCUT2D eigenvalue weighted by molar-refractivity contribution is 7.89. The van der Waals surface area contributed by atoms with Crippen LogP contribution < -0.4 is 19.5 Å². The Morgan fingerprint density at radius 1 is 1.07 bits per heavy atom. The van der Waals surface area contributed by atoms with Crippen LogP contribution in [0.3, 0.4) is 0 Å².